The highest BCUT2D eigenvalue weighted by Gasteiger charge is 2.46. The Morgan fingerprint density at radius 2 is 1.84 bits per heavy atom. The average molecular weight is 421 g/mol. The number of morpholine rings is 1. The number of anilines is 3. The van der Waals surface area contributed by atoms with Crippen molar-refractivity contribution in [3.63, 3.8) is 0 Å². The molecule has 6 rings (SSSR count). The van der Waals surface area contributed by atoms with Crippen LogP contribution in [0.1, 0.15) is 25.7 Å². The van der Waals surface area contributed by atoms with Gasteiger partial charge in [0.25, 0.3) is 0 Å². The second-order valence-electron chi connectivity index (χ2n) is 9.01. The third kappa shape index (κ3) is 3.56. The Kier molecular flexibility index (Phi) is 4.63. The van der Waals surface area contributed by atoms with E-state index < -0.39 is 0 Å². The van der Waals surface area contributed by atoms with E-state index in [4.69, 9.17) is 9.72 Å². The van der Waals surface area contributed by atoms with Gasteiger partial charge in [-0.1, -0.05) is 6.07 Å². The Bertz CT molecular complexity index is 1030. The second-order valence-corrected chi connectivity index (χ2v) is 9.01. The molecule has 0 amide bonds. The minimum Gasteiger partial charge on any atom is -0.378 e. The Morgan fingerprint density at radius 3 is 2.61 bits per heavy atom. The van der Waals surface area contributed by atoms with Gasteiger partial charge in [0, 0.05) is 38.4 Å². The summed E-state index contributed by atoms with van der Waals surface area (Å²) < 4.78 is 5.48. The van der Waals surface area contributed by atoms with Gasteiger partial charge in [0.15, 0.2) is 11.5 Å². The Hall–Kier alpha value is -2.94. The number of imidazole rings is 1. The first-order valence-electron chi connectivity index (χ1n) is 11.2. The van der Waals surface area contributed by atoms with Gasteiger partial charge in [-0.2, -0.15) is 4.98 Å². The molecule has 3 aromatic heterocycles. The van der Waals surface area contributed by atoms with Gasteiger partial charge in [0.1, 0.15) is 17.7 Å². The van der Waals surface area contributed by atoms with Crippen LogP contribution in [0.4, 0.5) is 17.6 Å². The number of piperidine rings is 1. The monoisotopic (exact) mass is 420 g/mol. The van der Waals surface area contributed by atoms with E-state index in [1.165, 1.54) is 25.7 Å². The first kappa shape index (κ1) is 18.8. The van der Waals surface area contributed by atoms with E-state index in [-0.39, 0.29) is 0 Å². The quantitative estimate of drug-likeness (QED) is 0.665. The third-order valence-electron chi connectivity index (χ3n) is 7.07. The van der Waals surface area contributed by atoms with Crippen LogP contribution < -0.4 is 15.1 Å². The number of ether oxygens (including phenoxy) is 1. The molecule has 2 saturated heterocycles. The molecular weight excluding hydrogens is 392 g/mol. The minimum atomic E-state index is 0.466. The van der Waals surface area contributed by atoms with Gasteiger partial charge in [-0.05, 0) is 43.2 Å². The lowest BCUT2D eigenvalue weighted by Crippen LogP contribution is -2.51. The topological polar surface area (TPSA) is 95.1 Å². The number of nitrogens with zero attached hydrogens (tertiary/aromatic N) is 6. The molecule has 3 fully saturated rings. The van der Waals surface area contributed by atoms with Gasteiger partial charge in [-0.25, -0.2) is 15.0 Å². The van der Waals surface area contributed by atoms with Crippen molar-refractivity contribution in [3.05, 3.63) is 30.7 Å². The molecule has 5 heterocycles. The third-order valence-corrected chi connectivity index (χ3v) is 7.07. The van der Waals surface area contributed by atoms with Crippen LogP contribution in [0.3, 0.4) is 0 Å². The van der Waals surface area contributed by atoms with Gasteiger partial charge in [-0.3, -0.25) is 0 Å². The summed E-state index contributed by atoms with van der Waals surface area (Å²) in [5.74, 6) is 2.84. The molecular formula is C22H28N8O. The van der Waals surface area contributed by atoms with Crippen molar-refractivity contribution in [2.45, 2.75) is 31.7 Å². The SMILES string of the molecule is c1ccc(NC2CC3(CCN(c4nc5ncnc(N6CCOCC6)c5[nH]4)CC3)C2)nc1. The molecule has 9 heteroatoms. The zero-order chi connectivity index (χ0) is 20.7. The van der Waals surface area contributed by atoms with E-state index in [0.29, 0.717) is 11.5 Å². The molecule has 2 aliphatic heterocycles. The summed E-state index contributed by atoms with van der Waals surface area (Å²) in [6.07, 6.45) is 8.32. The van der Waals surface area contributed by atoms with Crippen LogP contribution in [-0.2, 0) is 4.74 Å². The van der Waals surface area contributed by atoms with Gasteiger partial charge >= 0.3 is 0 Å². The van der Waals surface area contributed by atoms with Crippen LogP contribution in [0.15, 0.2) is 30.7 Å². The fraction of sp³-hybridized carbons (Fsp3) is 0.545. The van der Waals surface area contributed by atoms with Crippen molar-refractivity contribution < 1.29 is 4.74 Å². The largest absolute Gasteiger partial charge is 0.378 e. The Labute approximate surface area is 181 Å². The molecule has 0 bridgehead atoms. The van der Waals surface area contributed by atoms with E-state index in [2.05, 4.69) is 35.1 Å². The summed E-state index contributed by atoms with van der Waals surface area (Å²) >= 11 is 0. The molecule has 0 radical (unpaired) electrons. The molecule has 3 aromatic rings. The van der Waals surface area contributed by atoms with Crippen molar-refractivity contribution in [1.82, 2.24) is 24.9 Å². The van der Waals surface area contributed by atoms with E-state index >= 15 is 0 Å². The molecule has 3 aliphatic rings. The average Bonchev–Trinajstić information content (AvgIpc) is 3.24. The van der Waals surface area contributed by atoms with E-state index in [9.17, 15) is 0 Å². The summed E-state index contributed by atoms with van der Waals surface area (Å²) in [4.78, 5) is 26.3. The number of aromatic amines is 1. The van der Waals surface area contributed by atoms with Crippen LogP contribution in [-0.4, -0.2) is 70.4 Å². The molecule has 0 aromatic carbocycles. The number of H-pyrrole nitrogens is 1. The Morgan fingerprint density at radius 1 is 1.00 bits per heavy atom. The van der Waals surface area contributed by atoms with Crippen LogP contribution in [0.2, 0.25) is 0 Å². The highest BCUT2D eigenvalue weighted by molar-refractivity contribution is 5.85. The lowest BCUT2D eigenvalue weighted by atomic mass is 9.60. The highest BCUT2D eigenvalue weighted by atomic mass is 16.5. The molecule has 0 unspecified atom stereocenters. The van der Waals surface area contributed by atoms with Crippen LogP contribution in [0.25, 0.3) is 11.2 Å². The second kappa shape index (κ2) is 7.64. The molecule has 31 heavy (non-hydrogen) atoms. The van der Waals surface area contributed by atoms with E-state index in [0.717, 1.165) is 68.1 Å². The molecule has 162 valence electrons. The number of pyridine rings is 1. The fourth-order valence-corrected chi connectivity index (χ4v) is 5.31. The molecule has 1 saturated carbocycles. The van der Waals surface area contributed by atoms with Crippen LogP contribution >= 0.6 is 0 Å². The zero-order valence-corrected chi connectivity index (χ0v) is 17.6. The van der Waals surface area contributed by atoms with Crippen molar-refractivity contribution in [2.75, 3.05) is 54.5 Å². The minimum absolute atomic E-state index is 0.466. The maximum atomic E-state index is 5.48. The predicted octanol–water partition coefficient (Wildman–Crippen LogP) is 2.45. The lowest BCUT2D eigenvalue weighted by molar-refractivity contribution is 0.0796. The molecule has 2 N–H and O–H groups in total. The van der Waals surface area contributed by atoms with Crippen LogP contribution in [0.5, 0.6) is 0 Å². The van der Waals surface area contributed by atoms with Gasteiger partial charge in [0.2, 0.25) is 5.95 Å². The van der Waals surface area contributed by atoms with Crippen molar-refractivity contribution in [1.29, 1.82) is 0 Å². The standard InChI is InChI=1S/C22H28N8O/c1-2-6-23-17(3-1)26-16-13-22(14-16)4-7-30(8-5-22)21-27-18-19(28-21)24-15-25-20(18)29-9-11-31-12-10-29/h1-3,6,15-16H,4-5,7-14H2,(H,23,26)(H,24,25,27,28). The normalized spacial score (nSPS) is 21.4. The number of aromatic nitrogens is 5. The lowest BCUT2D eigenvalue weighted by Gasteiger charge is -2.52. The smallest absolute Gasteiger partial charge is 0.205 e. The van der Waals surface area contributed by atoms with Crippen LogP contribution in [0, 0.1) is 5.41 Å². The molecule has 9 nitrogen and oxygen atoms in total. The number of hydrogen-bond donors (Lipinski definition) is 2. The van der Waals surface area contributed by atoms with Crippen molar-refractivity contribution in [2.24, 2.45) is 5.41 Å². The van der Waals surface area contributed by atoms with Gasteiger partial charge < -0.3 is 24.8 Å². The Balaban J connectivity index is 1.11. The molecule has 1 aliphatic carbocycles. The first-order valence-corrected chi connectivity index (χ1v) is 11.2. The van der Waals surface area contributed by atoms with E-state index in [1.807, 2.05) is 24.4 Å². The summed E-state index contributed by atoms with van der Waals surface area (Å²) in [5.41, 5.74) is 2.14. The number of rotatable bonds is 4. The van der Waals surface area contributed by atoms with Crippen molar-refractivity contribution >= 4 is 28.7 Å². The van der Waals surface area contributed by atoms with Gasteiger partial charge in [-0.15, -0.1) is 0 Å². The first-order chi connectivity index (χ1) is 15.3. The summed E-state index contributed by atoms with van der Waals surface area (Å²) in [7, 11) is 0. The van der Waals surface area contributed by atoms with Crippen molar-refractivity contribution in [3.8, 4) is 0 Å². The van der Waals surface area contributed by atoms with E-state index in [1.54, 1.807) is 6.33 Å². The summed E-state index contributed by atoms with van der Waals surface area (Å²) in [6, 6.07) is 6.57. The number of hydrogen-bond acceptors (Lipinski definition) is 8. The summed E-state index contributed by atoms with van der Waals surface area (Å²) in [5, 5.41) is 3.58. The highest BCUT2D eigenvalue weighted by Crippen LogP contribution is 2.50. The maximum Gasteiger partial charge on any atom is 0.205 e. The summed E-state index contributed by atoms with van der Waals surface area (Å²) in [6.45, 7) is 5.21. The number of fused-ring (bicyclic) bond motifs is 1. The fourth-order valence-electron chi connectivity index (χ4n) is 5.31. The predicted molar refractivity (Wildman–Crippen MR) is 119 cm³/mol. The zero-order valence-electron chi connectivity index (χ0n) is 17.6. The molecule has 1 spiro atoms. The van der Waals surface area contributed by atoms with Gasteiger partial charge in [0.05, 0.1) is 13.2 Å². The maximum absolute atomic E-state index is 5.48. The number of nitrogens with one attached hydrogen (secondary N) is 2. The molecule has 0 atom stereocenters.